The van der Waals surface area contributed by atoms with Gasteiger partial charge in [-0.15, -0.1) is 0 Å². The molecular weight excluding hydrogens is 729 g/mol. The summed E-state index contributed by atoms with van der Waals surface area (Å²) in [5.41, 5.74) is 3.00. The van der Waals surface area contributed by atoms with Crippen molar-refractivity contribution < 1.29 is 13.8 Å². The zero-order valence-electron chi connectivity index (χ0n) is 32.1. The lowest BCUT2D eigenvalue weighted by Gasteiger charge is -2.32. The smallest absolute Gasteiger partial charge is 0.224 e. The van der Waals surface area contributed by atoms with Crippen LogP contribution in [-0.4, -0.2) is 108 Å². The number of carbonyl (C=O) groups excluding carboxylic acids is 2. The molecule has 2 saturated heterocycles. The van der Waals surface area contributed by atoms with Gasteiger partial charge in [0, 0.05) is 64.3 Å². The van der Waals surface area contributed by atoms with Gasteiger partial charge >= 0.3 is 0 Å². The first kappa shape index (κ1) is 38.8. The second-order valence-electron chi connectivity index (χ2n) is 14.5. The number of nitrogens with zero attached hydrogens (tertiary/aromatic N) is 10. The fourth-order valence-corrected chi connectivity index (χ4v) is 8.97. The number of benzene rings is 1. The van der Waals surface area contributed by atoms with E-state index in [9.17, 15) is 19.1 Å². The Labute approximate surface area is 329 Å². The van der Waals surface area contributed by atoms with Crippen molar-refractivity contribution in [3.8, 4) is 17.9 Å². The summed E-state index contributed by atoms with van der Waals surface area (Å²) in [5, 5.41) is 26.7. The van der Waals surface area contributed by atoms with Gasteiger partial charge in [0.1, 0.15) is 11.0 Å². The summed E-state index contributed by atoms with van der Waals surface area (Å²) in [7, 11) is 2.11. The minimum Gasteiger partial charge on any atom is -0.359 e. The van der Waals surface area contributed by atoms with E-state index in [4.69, 9.17) is 0 Å². The van der Waals surface area contributed by atoms with E-state index in [1.165, 1.54) is 10.5 Å². The predicted octanol–water partition coefficient (Wildman–Crippen LogP) is 3.46. The van der Waals surface area contributed by atoms with Crippen molar-refractivity contribution in [3.05, 3.63) is 59.3 Å². The van der Waals surface area contributed by atoms with E-state index in [2.05, 4.69) is 65.7 Å². The first-order chi connectivity index (χ1) is 27.3. The third-order valence-corrected chi connectivity index (χ3v) is 12.5. The van der Waals surface area contributed by atoms with Gasteiger partial charge in [0.05, 0.1) is 46.5 Å². The van der Waals surface area contributed by atoms with Crippen LogP contribution < -0.4 is 15.5 Å². The number of likely N-dealkylation sites (tertiary alicyclic amines) is 1. The summed E-state index contributed by atoms with van der Waals surface area (Å²) in [5.74, 6) is 7.35. The van der Waals surface area contributed by atoms with Gasteiger partial charge in [0.25, 0.3) is 0 Å². The number of piperidine rings is 2. The van der Waals surface area contributed by atoms with Crippen molar-refractivity contribution in [2.45, 2.75) is 57.5 Å². The predicted molar refractivity (Wildman–Crippen MR) is 216 cm³/mol. The van der Waals surface area contributed by atoms with Crippen LogP contribution in [0.4, 0.5) is 11.8 Å². The molecule has 2 amide bonds. The largest absolute Gasteiger partial charge is 0.359 e. The SMILES string of the molecule is CCn1ncc2cnc(NC3CCN(S(=O)C4=CC(C#CCN5CCC(c6ccc7c(N(C=O)CCC(=O)NC)nn(C)c7c6)CC5)C(C#N)C=C4)CC3)nc21. The molecule has 292 valence electrons. The highest BCUT2D eigenvalue weighted by molar-refractivity contribution is 7.86. The van der Waals surface area contributed by atoms with Gasteiger partial charge in [-0.1, -0.05) is 30.1 Å². The molecule has 2 aliphatic heterocycles. The molecule has 0 spiro atoms. The number of rotatable bonds is 12. The number of hydrogen-bond acceptors (Lipinski definition) is 10. The number of hydrogen-bond donors (Lipinski definition) is 2. The van der Waals surface area contributed by atoms with Gasteiger partial charge in [-0.2, -0.15) is 20.4 Å². The molecule has 1 aromatic carbocycles. The number of nitriles is 1. The Morgan fingerprint density at radius 1 is 1.12 bits per heavy atom. The average Bonchev–Trinajstić information content (AvgIpc) is 3.80. The van der Waals surface area contributed by atoms with E-state index in [0.29, 0.717) is 42.2 Å². The maximum atomic E-state index is 13.7. The third kappa shape index (κ3) is 8.53. The van der Waals surface area contributed by atoms with E-state index in [-0.39, 0.29) is 36.8 Å². The highest BCUT2D eigenvalue weighted by Gasteiger charge is 2.28. The minimum atomic E-state index is -1.35. The van der Waals surface area contributed by atoms with Crippen LogP contribution >= 0.6 is 0 Å². The van der Waals surface area contributed by atoms with Crippen molar-refractivity contribution in [3.63, 3.8) is 0 Å². The van der Waals surface area contributed by atoms with Crippen LogP contribution in [0.1, 0.15) is 50.5 Å². The highest BCUT2D eigenvalue weighted by Crippen LogP contribution is 2.33. The quantitative estimate of drug-likeness (QED) is 0.161. The molecule has 0 saturated carbocycles. The Balaban J connectivity index is 0.909. The van der Waals surface area contributed by atoms with Gasteiger partial charge in [-0.05, 0) is 75.4 Å². The Hall–Kier alpha value is -5.42. The van der Waals surface area contributed by atoms with Crippen molar-refractivity contribution in [1.29, 1.82) is 5.26 Å². The van der Waals surface area contributed by atoms with Gasteiger partial charge in [0.15, 0.2) is 11.5 Å². The average molecular weight is 777 g/mol. The van der Waals surface area contributed by atoms with Gasteiger partial charge in [-0.3, -0.25) is 24.1 Å². The molecule has 7 rings (SSSR count). The van der Waals surface area contributed by atoms with E-state index in [1.54, 1.807) is 24.1 Å². The summed E-state index contributed by atoms with van der Waals surface area (Å²) in [6.07, 6.45) is 13.7. The lowest BCUT2D eigenvalue weighted by Crippen LogP contribution is -2.40. The van der Waals surface area contributed by atoms with Crippen molar-refractivity contribution in [1.82, 2.24) is 44.1 Å². The summed E-state index contributed by atoms with van der Waals surface area (Å²) >= 11 is 0. The maximum Gasteiger partial charge on any atom is 0.224 e. The Morgan fingerprint density at radius 2 is 1.93 bits per heavy atom. The molecular formula is C40H48N12O3S. The fraction of sp³-hybridized carbons (Fsp3) is 0.475. The maximum absolute atomic E-state index is 13.7. The second kappa shape index (κ2) is 17.6. The number of fused-ring (bicyclic) bond motifs is 2. The number of anilines is 2. The normalized spacial score (nSPS) is 20.2. The molecule has 5 heterocycles. The molecule has 0 radical (unpaired) electrons. The Kier molecular flexibility index (Phi) is 12.2. The fourth-order valence-electron chi connectivity index (χ4n) is 7.67. The van der Waals surface area contributed by atoms with Crippen LogP contribution in [0.25, 0.3) is 21.9 Å². The van der Waals surface area contributed by atoms with Crippen LogP contribution in [-0.2, 0) is 34.2 Å². The molecule has 3 atom stereocenters. The van der Waals surface area contributed by atoms with Crippen LogP contribution in [0.15, 0.2) is 53.7 Å². The number of aryl methyl sites for hydroxylation is 2. The molecule has 16 heteroatoms. The van der Waals surface area contributed by atoms with Crippen molar-refractivity contribution in [2.75, 3.05) is 56.5 Å². The van der Waals surface area contributed by atoms with Gasteiger partial charge < -0.3 is 10.6 Å². The lowest BCUT2D eigenvalue weighted by molar-refractivity contribution is -0.120. The Bertz CT molecular complexity index is 2260. The van der Waals surface area contributed by atoms with Crippen LogP contribution in [0.5, 0.6) is 0 Å². The zero-order chi connectivity index (χ0) is 39.2. The number of nitrogens with one attached hydrogen (secondary N) is 2. The molecule has 0 bridgehead atoms. The van der Waals surface area contributed by atoms with E-state index < -0.39 is 11.0 Å². The van der Waals surface area contributed by atoms with E-state index >= 15 is 0 Å². The highest BCUT2D eigenvalue weighted by atomic mass is 32.2. The molecule has 2 fully saturated rings. The van der Waals surface area contributed by atoms with Crippen LogP contribution in [0.2, 0.25) is 0 Å². The first-order valence-electron chi connectivity index (χ1n) is 19.3. The van der Waals surface area contributed by atoms with Crippen LogP contribution in [0.3, 0.4) is 0 Å². The van der Waals surface area contributed by atoms with E-state index in [1.807, 2.05) is 47.3 Å². The number of amides is 2. The van der Waals surface area contributed by atoms with Crippen molar-refractivity contribution >= 4 is 57.0 Å². The number of carbonyl (C=O) groups is 2. The molecule has 3 unspecified atom stereocenters. The second-order valence-corrected chi connectivity index (χ2v) is 15.9. The molecule has 3 aromatic heterocycles. The third-order valence-electron chi connectivity index (χ3n) is 11.0. The summed E-state index contributed by atoms with van der Waals surface area (Å²) < 4.78 is 19.3. The first-order valence-corrected chi connectivity index (χ1v) is 20.4. The van der Waals surface area contributed by atoms with Crippen molar-refractivity contribution in [2.24, 2.45) is 18.9 Å². The lowest BCUT2D eigenvalue weighted by atomic mass is 9.88. The zero-order valence-corrected chi connectivity index (χ0v) is 32.9. The molecule has 15 nitrogen and oxygen atoms in total. The molecule has 1 aliphatic carbocycles. The molecule has 56 heavy (non-hydrogen) atoms. The Morgan fingerprint density at radius 3 is 2.66 bits per heavy atom. The topological polar surface area (TPSA) is 170 Å². The summed E-state index contributed by atoms with van der Waals surface area (Å²) in [4.78, 5) is 37.3. The van der Waals surface area contributed by atoms with Gasteiger partial charge in [-0.25, -0.2) is 18.2 Å². The number of allylic oxidation sites excluding steroid dienone is 3. The monoisotopic (exact) mass is 776 g/mol. The van der Waals surface area contributed by atoms with E-state index in [0.717, 1.165) is 73.7 Å². The van der Waals surface area contributed by atoms with Crippen LogP contribution in [0, 0.1) is 35.0 Å². The molecule has 3 aliphatic rings. The number of aromatic nitrogens is 6. The molecule has 4 aromatic rings. The minimum absolute atomic E-state index is 0.132. The standard InChI is InChI=1S/C40H48N12O3S/c1-4-52-38-32(26-44-52)25-43-40(46-38)45-33-13-20-51(21-14-33)56(55)34-9-7-31(24-41)29(22-34)6-5-16-49-17-11-28(12-18-49)30-8-10-35-36(23-30)48(3)47-39(35)50(27-53)19-15-37(54)42-2/h7-10,22-23,25-29,31,33H,4,11-21H2,1-3H3,(H,42,54)(H,43,45,46). The summed E-state index contributed by atoms with van der Waals surface area (Å²) in [6.45, 7) is 6.76. The summed E-state index contributed by atoms with van der Waals surface area (Å²) in [6, 6.07) is 8.86. The molecule has 2 N–H and O–H groups in total. The van der Waals surface area contributed by atoms with Gasteiger partial charge in [0.2, 0.25) is 18.3 Å².